The molecule has 5 nitrogen and oxygen atoms in total. The van der Waals surface area contributed by atoms with Crippen LogP contribution < -0.4 is 5.32 Å². The number of fused-ring (bicyclic) bond motifs is 1. The number of rotatable bonds is 4. The molecule has 2 aromatic rings. The molecule has 2 amide bonds. The highest BCUT2D eigenvalue weighted by atomic mass is 32.2. The molecule has 8 heteroatoms. The number of benzene rings is 1. The number of carbonyl (C=O) groups excluding carboxylic acids is 2. The summed E-state index contributed by atoms with van der Waals surface area (Å²) < 4.78 is 1.01. The number of nitrogens with one attached hydrogen (secondary N) is 1. The van der Waals surface area contributed by atoms with Gasteiger partial charge < -0.3 is 10.2 Å². The number of thioether (sulfide) groups is 1. The normalized spacial score (nSPS) is 24.3. The SMILES string of the molecule is Cc1csc(Sc2ccc(NC(=O)C3CSC4(C)CCC(=O)N34)c(C)c2)n1. The van der Waals surface area contributed by atoms with Gasteiger partial charge in [-0.05, 0) is 51.0 Å². The van der Waals surface area contributed by atoms with Crippen molar-refractivity contribution in [2.75, 3.05) is 11.1 Å². The minimum absolute atomic E-state index is 0.0878. The highest BCUT2D eigenvalue weighted by Crippen LogP contribution is 2.47. The number of aromatic nitrogens is 1. The molecule has 2 atom stereocenters. The summed E-state index contributed by atoms with van der Waals surface area (Å²) in [7, 11) is 0. The molecule has 142 valence electrons. The Morgan fingerprint density at radius 2 is 2.22 bits per heavy atom. The molecule has 2 aliphatic heterocycles. The van der Waals surface area contributed by atoms with Crippen molar-refractivity contribution < 1.29 is 9.59 Å². The molecule has 3 heterocycles. The lowest BCUT2D eigenvalue weighted by molar-refractivity contribution is -0.135. The number of amides is 2. The van der Waals surface area contributed by atoms with Crippen molar-refractivity contribution in [3.8, 4) is 0 Å². The van der Waals surface area contributed by atoms with Gasteiger partial charge in [0.1, 0.15) is 6.04 Å². The van der Waals surface area contributed by atoms with Crippen LogP contribution in [0.5, 0.6) is 0 Å². The molecule has 2 fully saturated rings. The minimum atomic E-state index is -0.387. The summed E-state index contributed by atoms with van der Waals surface area (Å²) in [5.41, 5.74) is 2.83. The monoisotopic (exact) mass is 419 g/mol. The van der Waals surface area contributed by atoms with Crippen LogP contribution in [0.2, 0.25) is 0 Å². The zero-order chi connectivity index (χ0) is 19.2. The van der Waals surface area contributed by atoms with Gasteiger partial charge in [0.25, 0.3) is 0 Å². The fraction of sp³-hybridized carbons (Fsp3) is 0.421. The minimum Gasteiger partial charge on any atom is -0.324 e. The summed E-state index contributed by atoms with van der Waals surface area (Å²) in [6.45, 7) is 6.04. The topological polar surface area (TPSA) is 62.3 Å². The Balaban J connectivity index is 1.46. The van der Waals surface area contributed by atoms with Crippen molar-refractivity contribution in [1.82, 2.24) is 9.88 Å². The molecule has 2 aliphatic rings. The van der Waals surface area contributed by atoms with Crippen LogP contribution in [0, 0.1) is 13.8 Å². The molecule has 4 rings (SSSR count). The standard InChI is InChI=1S/C19H21N3O2S3/c1-11-8-13(27-18-20-12(2)9-25-18)4-5-14(11)21-17(24)15-10-26-19(3)7-6-16(23)22(15)19/h4-5,8-9,15H,6-7,10H2,1-3H3,(H,21,24). The van der Waals surface area contributed by atoms with E-state index in [4.69, 9.17) is 0 Å². The zero-order valence-electron chi connectivity index (χ0n) is 15.4. The smallest absolute Gasteiger partial charge is 0.248 e. The second-order valence-electron chi connectivity index (χ2n) is 7.09. The largest absolute Gasteiger partial charge is 0.324 e. The van der Waals surface area contributed by atoms with E-state index in [-0.39, 0.29) is 22.7 Å². The summed E-state index contributed by atoms with van der Waals surface area (Å²) in [6, 6.07) is 5.61. The van der Waals surface area contributed by atoms with Crippen molar-refractivity contribution in [3.05, 3.63) is 34.8 Å². The maximum absolute atomic E-state index is 12.8. The van der Waals surface area contributed by atoms with Crippen molar-refractivity contribution in [2.45, 2.75) is 53.8 Å². The number of carbonyl (C=O) groups is 2. The number of hydrogen-bond acceptors (Lipinski definition) is 6. The molecule has 1 aromatic carbocycles. The molecule has 2 saturated heterocycles. The van der Waals surface area contributed by atoms with E-state index in [1.165, 1.54) is 0 Å². The van der Waals surface area contributed by atoms with E-state index in [9.17, 15) is 9.59 Å². The lowest BCUT2D eigenvalue weighted by Gasteiger charge is -2.30. The van der Waals surface area contributed by atoms with E-state index in [0.29, 0.717) is 12.2 Å². The van der Waals surface area contributed by atoms with Crippen LogP contribution in [0.3, 0.4) is 0 Å². The average molecular weight is 420 g/mol. The zero-order valence-corrected chi connectivity index (χ0v) is 17.9. The van der Waals surface area contributed by atoms with Gasteiger partial charge in [0.05, 0.1) is 4.87 Å². The van der Waals surface area contributed by atoms with Crippen LogP contribution >= 0.6 is 34.9 Å². The summed E-state index contributed by atoms with van der Waals surface area (Å²) in [4.78, 5) is 32.2. The van der Waals surface area contributed by atoms with Gasteiger partial charge in [-0.3, -0.25) is 9.59 Å². The summed E-state index contributed by atoms with van der Waals surface area (Å²) >= 11 is 4.97. The number of nitrogens with zero attached hydrogens (tertiary/aromatic N) is 2. The first-order valence-corrected chi connectivity index (χ1v) is 11.5. The van der Waals surface area contributed by atoms with Crippen molar-refractivity contribution in [2.24, 2.45) is 0 Å². The van der Waals surface area contributed by atoms with Crippen molar-refractivity contribution >= 4 is 52.4 Å². The van der Waals surface area contributed by atoms with Crippen LogP contribution in [0.25, 0.3) is 0 Å². The molecular weight excluding hydrogens is 398 g/mol. The Morgan fingerprint density at radius 1 is 1.41 bits per heavy atom. The maximum atomic E-state index is 12.8. The first kappa shape index (κ1) is 18.8. The van der Waals surface area contributed by atoms with E-state index in [1.807, 2.05) is 31.4 Å². The third kappa shape index (κ3) is 3.62. The number of anilines is 1. The highest BCUT2D eigenvalue weighted by molar-refractivity contribution is 8.01. The van der Waals surface area contributed by atoms with Crippen LogP contribution in [-0.2, 0) is 9.59 Å². The Labute approximate surface area is 171 Å². The first-order valence-electron chi connectivity index (χ1n) is 8.83. The average Bonchev–Trinajstić information content (AvgIpc) is 3.26. The number of thiazole rings is 1. The first-order chi connectivity index (χ1) is 12.9. The number of hydrogen-bond donors (Lipinski definition) is 1. The molecule has 2 unspecified atom stereocenters. The van der Waals surface area contributed by atoms with Gasteiger partial charge in [-0.15, -0.1) is 23.1 Å². The fourth-order valence-electron chi connectivity index (χ4n) is 3.55. The molecule has 0 spiro atoms. The molecule has 1 aromatic heterocycles. The number of aryl methyl sites for hydroxylation is 2. The second kappa shape index (κ2) is 7.14. The van der Waals surface area contributed by atoms with Gasteiger partial charge in [0.2, 0.25) is 11.8 Å². The Bertz CT molecular complexity index is 913. The maximum Gasteiger partial charge on any atom is 0.248 e. The van der Waals surface area contributed by atoms with Crippen LogP contribution in [0.4, 0.5) is 5.69 Å². The van der Waals surface area contributed by atoms with Crippen LogP contribution in [-0.4, -0.2) is 38.4 Å². The molecule has 1 N–H and O–H groups in total. The Kier molecular flexibility index (Phi) is 4.98. The Hall–Kier alpha value is -1.51. The predicted octanol–water partition coefficient (Wildman–Crippen LogP) is 4.30. The van der Waals surface area contributed by atoms with Gasteiger partial charge in [-0.1, -0.05) is 11.8 Å². The lowest BCUT2D eigenvalue weighted by Crippen LogP contribution is -2.48. The Morgan fingerprint density at radius 3 is 2.93 bits per heavy atom. The highest BCUT2D eigenvalue weighted by Gasteiger charge is 2.52. The quantitative estimate of drug-likeness (QED) is 0.800. The van der Waals surface area contributed by atoms with Gasteiger partial charge >= 0.3 is 0 Å². The second-order valence-corrected chi connectivity index (χ2v) is 10.8. The van der Waals surface area contributed by atoms with E-state index < -0.39 is 0 Å². The van der Waals surface area contributed by atoms with Gasteiger partial charge in [0.15, 0.2) is 4.34 Å². The summed E-state index contributed by atoms with van der Waals surface area (Å²) in [5, 5.41) is 5.07. The lowest BCUT2D eigenvalue weighted by atomic mass is 10.1. The van der Waals surface area contributed by atoms with Gasteiger partial charge in [-0.25, -0.2) is 4.98 Å². The van der Waals surface area contributed by atoms with Gasteiger partial charge in [0, 0.05) is 33.8 Å². The van der Waals surface area contributed by atoms with E-state index >= 15 is 0 Å². The molecule has 0 saturated carbocycles. The molecule has 0 radical (unpaired) electrons. The predicted molar refractivity (Wildman–Crippen MR) is 112 cm³/mol. The van der Waals surface area contributed by atoms with Crippen LogP contribution in [0.1, 0.15) is 31.0 Å². The van der Waals surface area contributed by atoms with E-state index in [2.05, 4.69) is 23.3 Å². The van der Waals surface area contributed by atoms with E-state index in [1.54, 1.807) is 39.8 Å². The third-order valence-electron chi connectivity index (χ3n) is 5.01. The fourth-order valence-corrected chi connectivity index (χ4v) is 6.89. The third-order valence-corrected chi connectivity index (χ3v) is 8.56. The molecule has 0 bridgehead atoms. The van der Waals surface area contributed by atoms with Crippen molar-refractivity contribution in [3.63, 3.8) is 0 Å². The molecule has 0 aliphatic carbocycles. The van der Waals surface area contributed by atoms with E-state index in [0.717, 1.165) is 32.6 Å². The summed E-state index contributed by atoms with van der Waals surface area (Å²) in [5.74, 6) is 0.648. The molecular formula is C19H21N3O2S3. The van der Waals surface area contributed by atoms with Crippen molar-refractivity contribution in [1.29, 1.82) is 0 Å². The summed E-state index contributed by atoms with van der Waals surface area (Å²) in [6.07, 6.45) is 1.36. The van der Waals surface area contributed by atoms with Gasteiger partial charge in [-0.2, -0.15) is 0 Å². The molecule has 27 heavy (non-hydrogen) atoms. The van der Waals surface area contributed by atoms with Crippen LogP contribution in [0.15, 0.2) is 32.8 Å².